The Morgan fingerprint density at radius 3 is 2.91 bits per heavy atom. The Labute approximate surface area is 130 Å². The SMILES string of the molecule is Cc1oncc1-c1nnc(Cc2cc3ccccc3[nH]c2=O)o1. The highest BCUT2D eigenvalue weighted by Crippen LogP contribution is 2.22. The normalized spacial score (nSPS) is 11.2. The van der Waals surface area contributed by atoms with Gasteiger partial charge < -0.3 is 13.9 Å². The third-order valence-corrected chi connectivity index (χ3v) is 3.62. The maximum atomic E-state index is 12.2. The smallest absolute Gasteiger partial charge is 0.252 e. The van der Waals surface area contributed by atoms with Gasteiger partial charge in [-0.25, -0.2) is 0 Å². The number of benzene rings is 1. The number of aromatic amines is 1. The van der Waals surface area contributed by atoms with Gasteiger partial charge in [0.1, 0.15) is 11.3 Å². The number of pyridine rings is 1. The van der Waals surface area contributed by atoms with Gasteiger partial charge in [-0.15, -0.1) is 10.2 Å². The van der Waals surface area contributed by atoms with Crippen molar-refractivity contribution >= 4 is 10.9 Å². The first-order chi connectivity index (χ1) is 11.2. The molecule has 23 heavy (non-hydrogen) atoms. The zero-order chi connectivity index (χ0) is 15.8. The number of nitrogens with zero attached hydrogens (tertiary/aromatic N) is 3. The van der Waals surface area contributed by atoms with E-state index in [4.69, 9.17) is 8.94 Å². The highest BCUT2D eigenvalue weighted by Gasteiger charge is 2.15. The molecule has 0 atom stereocenters. The van der Waals surface area contributed by atoms with Gasteiger partial charge in [-0.2, -0.15) is 0 Å². The van der Waals surface area contributed by atoms with Crippen molar-refractivity contribution in [1.82, 2.24) is 20.3 Å². The highest BCUT2D eigenvalue weighted by atomic mass is 16.5. The van der Waals surface area contributed by atoms with E-state index in [9.17, 15) is 4.79 Å². The molecule has 1 aromatic carbocycles. The van der Waals surface area contributed by atoms with Gasteiger partial charge in [0.25, 0.3) is 11.4 Å². The molecule has 7 heteroatoms. The number of fused-ring (bicyclic) bond motifs is 1. The minimum absolute atomic E-state index is 0.162. The summed E-state index contributed by atoms with van der Waals surface area (Å²) >= 11 is 0. The number of para-hydroxylation sites is 1. The Hall–Kier alpha value is -3.22. The topological polar surface area (TPSA) is 97.8 Å². The molecule has 0 spiro atoms. The molecule has 7 nitrogen and oxygen atoms in total. The fraction of sp³-hybridized carbons (Fsp3) is 0.125. The maximum absolute atomic E-state index is 12.2. The molecule has 114 valence electrons. The van der Waals surface area contributed by atoms with Crippen molar-refractivity contribution in [1.29, 1.82) is 0 Å². The number of aryl methyl sites for hydroxylation is 1. The number of hydrogen-bond donors (Lipinski definition) is 1. The van der Waals surface area contributed by atoms with Gasteiger partial charge in [0.2, 0.25) is 5.89 Å². The van der Waals surface area contributed by atoms with E-state index in [2.05, 4.69) is 20.3 Å². The Balaban J connectivity index is 1.69. The summed E-state index contributed by atoms with van der Waals surface area (Å²) in [5.41, 5.74) is 1.86. The lowest BCUT2D eigenvalue weighted by molar-refractivity contribution is 0.397. The van der Waals surface area contributed by atoms with E-state index < -0.39 is 0 Å². The summed E-state index contributed by atoms with van der Waals surface area (Å²) in [6.07, 6.45) is 1.78. The van der Waals surface area contributed by atoms with E-state index in [1.165, 1.54) is 6.20 Å². The minimum atomic E-state index is -0.162. The third kappa shape index (κ3) is 2.42. The Kier molecular flexibility index (Phi) is 3.04. The Morgan fingerprint density at radius 1 is 1.22 bits per heavy atom. The average Bonchev–Trinajstić information content (AvgIpc) is 3.16. The number of nitrogens with one attached hydrogen (secondary N) is 1. The van der Waals surface area contributed by atoms with Crippen LogP contribution in [0, 0.1) is 6.92 Å². The van der Waals surface area contributed by atoms with Gasteiger partial charge in [0, 0.05) is 11.1 Å². The predicted octanol–water partition coefficient (Wildman–Crippen LogP) is 2.47. The molecule has 4 aromatic rings. The van der Waals surface area contributed by atoms with Gasteiger partial charge in [-0.3, -0.25) is 4.79 Å². The average molecular weight is 308 g/mol. The summed E-state index contributed by atoms with van der Waals surface area (Å²) in [7, 11) is 0. The molecule has 1 N–H and O–H groups in total. The van der Waals surface area contributed by atoms with Crippen molar-refractivity contribution in [3.05, 3.63) is 64.1 Å². The standard InChI is InChI=1S/C16H12N4O3/c1-9-12(8-17-23-9)16-20-19-14(22-16)7-11-6-10-4-2-3-5-13(10)18-15(11)21/h2-6,8H,7H2,1H3,(H,18,21). The summed E-state index contributed by atoms with van der Waals surface area (Å²) in [6, 6.07) is 9.44. The van der Waals surface area contributed by atoms with E-state index in [0.717, 1.165) is 10.9 Å². The van der Waals surface area contributed by atoms with Crippen LogP contribution in [0.4, 0.5) is 0 Å². The van der Waals surface area contributed by atoms with Gasteiger partial charge in [-0.05, 0) is 24.4 Å². The molecule has 0 saturated heterocycles. The molecule has 0 aliphatic carbocycles. The van der Waals surface area contributed by atoms with Crippen molar-refractivity contribution < 1.29 is 8.94 Å². The van der Waals surface area contributed by atoms with E-state index in [1.807, 2.05) is 30.3 Å². The summed E-state index contributed by atoms with van der Waals surface area (Å²) in [5.74, 6) is 1.29. The van der Waals surface area contributed by atoms with Crippen LogP contribution in [-0.4, -0.2) is 20.3 Å². The lowest BCUT2D eigenvalue weighted by atomic mass is 10.1. The van der Waals surface area contributed by atoms with Crippen LogP contribution < -0.4 is 5.56 Å². The first-order valence-electron chi connectivity index (χ1n) is 7.05. The van der Waals surface area contributed by atoms with Crippen molar-refractivity contribution in [2.75, 3.05) is 0 Å². The van der Waals surface area contributed by atoms with Crippen LogP contribution in [-0.2, 0) is 6.42 Å². The molecule has 3 aromatic heterocycles. The Bertz CT molecular complexity index is 1040. The fourth-order valence-corrected chi connectivity index (χ4v) is 2.42. The van der Waals surface area contributed by atoms with Gasteiger partial charge in [0.05, 0.1) is 12.6 Å². The number of hydrogen-bond acceptors (Lipinski definition) is 6. The van der Waals surface area contributed by atoms with Crippen LogP contribution in [0.25, 0.3) is 22.4 Å². The largest absolute Gasteiger partial charge is 0.420 e. The summed E-state index contributed by atoms with van der Waals surface area (Å²) in [5, 5.41) is 12.6. The second kappa shape index (κ2) is 5.20. The van der Waals surface area contributed by atoms with Gasteiger partial charge in [0.15, 0.2) is 0 Å². The van der Waals surface area contributed by atoms with Crippen LogP contribution in [0.2, 0.25) is 0 Å². The first kappa shape index (κ1) is 13.4. The van der Waals surface area contributed by atoms with Crippen molar-refractivity contribution in [3.63, 3.8) is 0 Å². The lowest BCUT2D eigenvalue weighted by Crippen LogP contribution is -2.12. The number of H-pyrrole nitrogens is 1. The van der Waals surface area contributed by atoms with Gasteiger partial charge >= 0.3 is 0 Å². The molecule has 0 unspecified atom stereocenters. The monoisotopic (exact) mass is 308 g/mol. The molecule has 0 radical (unpaired) electrons. The van der Waals surface area contributed by atoms with E-state index in [0.29, 0.717) is 28.7 Å². The second-order valence-corrected chi connectivity index (χ2v) is 5.18. The van der Waals surface area contributed by atoms with Crippen LogP contribution in [0.1, 0.15) is 17.2 Å². The quantitative estimate of drug-likeness (QED) is 0.624. The van der Waals surface area contributed by atoms with Crippen molar-refractivity contribution in [3.8, 4) is 11.5 Å². The number of aromatic nitrogens is 4. The van der Waals surface area contributed by atoms with E-state index >= 15 is 0 Å². The summed E-state index contributed by atoms with van der Waals surface area (Å²) in [4.78, 5) is 15.0. The van der Waals surface area contributed by atoms with E-state index in [-0.39, 0.29) is 12.0 Å². The summed E-state index contributed by atoms with van der Waals surface area (Å²) in [6.45, 7) is 1.76. The van der Waals surface area contributed by atoms with Crippen LogP contribution in [0.3, 0.4) is 0 Å². The third-order valence-electron chi connectivity index (χ3n) is 3.62. The van der Waals surface area contributed by atoms with E-state index in [1.54, 1.807) is 6.92 Å². The molecule has 0 fully saturated rings. The molecule has 3 heterocycles. The molecule has 0 aliphatic rings. The molecule has 0 bridgehead atoms. The predicted molar refractivity (Wildman–Crippen MR) is 81.9 cm³/mol. The molecule has 0 saturated carbocycles. The van der Waals surface area contributed by atoms with Gasteiger partial charge in [-0.1, -0.05) is 23.4 Å². The summed E-state index contributed by atoms with van der Waals surface area (Å²) < 4.78 is 10.6. The molecule has 0 aliphatic heterocycles. The highest BCUT2D eigenvalue weighted by molar-refractivity contribution is 5.78. The maximum Gasteiger partial charge on any atom is 0.252 e. The number of rotatable bonds is 3. The zero-order valence-corrected chi connectivity index (χ0v) is 12.2. The molecular formula is C16H12N4O3. The molecule has 4 rings (SSSR count). The second-order valence-electron chi connectivity index (χ2n) is 5.18. The molecule has 0 amide bonds. The van der Waals surface area contributed by atoms with Crippen LogP contribution in [0.15, 0.2) is 50.3 Å². The first-order valence-corrected chi connectivity index (χ1v) is 7.05. The Morgan fingerprint density at radius 2 is 2.09 bits per heavy atom. The lowest BCUT2D eigenvalue weighted by Gasteiger charge is -2.00. The minimum Gasteiger partial charge on any atom is -0.420 e. The zero-order valence-electron chi connectivity index (χ0n) is 12.2. The van der Waals surface area contributed by atoms with Crippen LogP contribution >= 0.6 is 0 Å². The fourth-order valence-electron chi connectivity index (χ4n) is 2.42. The van der Waals surface area contributed by atoms with Crippen molar-refractivity contribution in [2.24, 2.45) is 0 Å². The van der Waals surface area contributed by atoms with Crippen molar-refractivity contribution in [2.45, 2.75) is 13.3 Å². The molecular weight excluding hydrogens is 296 g/mol. The van der Waals surface area contributed by atoms with Crippen LogP contribution in [0.5, 0.6) is 0 Å².